The summed E-state index contributed by atoms with van der Waals surface area (Å²) in [6.07, 6.45) is 1.94. The second kappa shape index (κ2) is 6.84. The Morgan fingerprint density at radius 2 is 2.21 bits per heavy atom. The molecule has 0 amide bonds. The predicted octanol–water partition coefficient (Wildman–Crippen LogP) is 1.48. The second-order valence-corrected chi connectivity index (χ2v) is 4.18. The summed E-state index contributed by atoms with van der Waals surface area (Å²) in [6, 6.07) is 7.80. The van der Waals surface area contributed by atoms with Crippen molar-refractivity contribution in [3.8, 4) is 17.1 Å². The Hall–Kier alpha value is -1.95. The molecule has 19 heavy (non-hydrogen) atoms. The van der Waals surface area contributed by atoms with Crippen molar-refractivity contribution in [1.29, 1.82) is 0 Å². The van der Waals surface area contributed by atoms with Gasteiger partial charge in [-0.15, -0.1) is 5.10 Å². The summed E-state index contributed by atoms with van der Waals surface area (Å²) in [5.74, 6) is 1.59. The normalized spacial score (nSPS) is 10.6. The Kier molecular flexibility index (Phi) is 4.85. The predicted molar refractivity (Wildman–Crippen MR) is 72.7 cm³/mol. The largest absolute Gasteiger partial charge is 0.494 e. The first kappa shape index (κ1) is 13.5. The maximum absolute atomic E-state index is 5.49. The molecule has 0 fully saturated rings. The van der Waals surface area contributed by atoms with E-state index in [-0.39, 0.29) is 0 Å². The van der Waals surface area contributed by atoms with Gasteiger partial charge in [0, 0.05) is 12.1 Å². The van der Waals surface area contributed by atoms with E-state index < -0.39 is 0 Å². The Morgan fingerprint density at radius 3 is 3.00 bits per heavy atom. The minimum Gasteiger partial charge on any atom is -0.494 e. The number of aromatic nitrogens is 4. The van der Waals surface area contributed by atoms with Crippen molar-refractivity contribution >= 4 is 0 Å². The van der Waals surface area contributed by atoms with E-state index >= 15 is 0 Å². The molecule has 6 heteroatoms. The summed E-state index contributed by atoms with van der Waals surface area (Å²) in [7, 11) is 0. The van der Waals surface area contributed by atoms with Gasteiger partial charge >= 0.3 is 0 Å². The molecule has 2 aromatic rings. The molecule has 1 heterocycles. The molecule has 2 N–H and O–H groups in total. The third kappa shape index (κ3) is 3.51. The van der Waals surface area contributed by atoms with Crippen molar-refractivity contribution in [2.45, 2.75) is 26.3 Å². The summed E-state index contributed by atoms with van der Waals surface area (Å²) in [6.45, 7) is 4.07. The number of unbranched alkanes of at least 4 members (excludes halogenated alkanes) is 1. The fourth-order valence-electron chi connectivity index (χ4n) is 1.86. The van der Waals surface area contributed by atoms with Crippen LogP contribution in [0.1, 0.15) is 19.8 Å². The zero-order valence-electron chi connectivity index (χ0n) is 11.1. The number of ether oxygens (including phenoxy) is 1. The lowest BCUT2D eigenvalue weighted by molar-refractivity contribution is 0.340. The number of hydrogen-bond acceptors (Lipinski definition) is 5. The van der Waals surface area contributed by atoms with E-state index in [2.05, 4.69) is 15.5 Å². The van der Waals surface area contributed by atoms with Gasteiger partial charge in [-0.1, -0.05) is 12.1 Å². The van der Waals surface area contributed by atoms with Crippen molar-refractivity contribution < 1.29 is 4.74 Å². The molecule has 6 nitrogen and oxygen atoms in total. The lowest BCUT2D eigenvalue weighted by atomic mass is 10.2. The molecule has 1 aromatic carbocycles. The lowest BCUT2D eigenvalue weighted by Gasteiger charge is -2.06. The molecule has 1 aromatic heterocycles. The van der Waals surface area contributed by atoms with E-state index in [0.29, 0.717) is 13.2 Å². The zero-order chi connectivity index (χ0) is 13.5. The molecule has 0 radical (unpaired) electrons. The van der Waals surface area contributed by atoms with Crippen LogP contribution in [0.15, 0.2) is 24.3 Å². The number of rotatable bonds is 7. The zero-order valence-corrected chi connectivity index (χ0v) is 11.1. The highest BCUT2D eigenvalue weighted by Gasteiger charge is 2.09. The number of nitrogens with two attached hydrogens (primary N) is 1. The molecular formula is C13H19N5O. The fraction of sp³-hybridized carbons (Fsp3) is 0.462. The van der Waals surface area contributed by atoms with Crippen LogP contribution in [0.3, 0.4) is 0 Å². The second-order valence-electron chi connectivity index (χ2n) is 4.18. The van der Waals surface area contributed by atoms with Crippen LogP contribution in [0.4, 0.5) is 0 Å². The Balaban J connectivity index is 2.16. The average Bonchev–Trinajstić information content (AvgIpc) is 2.88. The smallest absolute Gasteiger partial charge is 0.182 e. The van der Waals surface area contributed by atoms with E-state index in [9.17, 15) is 0 Å². The van der Waals surface area contributed by atoms with Gasteiger partial charge in [0.1, 0.15) is 5.75 Å². The first-order valence-electron chi connectivity index (χ1n) is 6.54. The van der Waals surface area contributed by atoms with E-state index in [0.717, 1.165) is 36.5 Å². The highest BCUT2D eigenvalue weighted by Crippen LogP contribution is 2.21. The standard InChI is InChI=1S/C13H19N5O/c1-2-19-12-7-5-6-11(10-12)13-15-16-17-18(13)9-4-3-8-14/h5-7,10H,2-4,8-9,14H2,1H3. The van der Waals surface area contributed by atoms with Gasteiger partial charge in [0.05, 0.1) is 6.61 Å². The van der Waals surface area contributed by atoms with Gasteiger partial charge in [0.25, 0.3) is 0 Å². The molecule has 0 spiro atoms. The van der Waals surface area contributed by atoms with Gasteiger partial charge in [-0.3, -0.25) is 0 Å². The molecule has 0 aliphatic carbocycles. The summed E-state index contributed by atoms with van der Waals surface area (Å²) < 4.78 is 7.29. The highest BCUT2D eigenvalue weighted by molar-refractivity contribution is 5.57. The van der Waals surface area contributed by atoms with Crippen LogP contribution >= 0.6 is 0 Å². The van der Waals surface area contributed by atoms with Crippen LogP contribution in [0.25, 0.3) is 11.4 Å². The number of hydrogen-bond donors (Lipinski definition) is 1. The van der Waals surface area contributed by atoms with Crippen molar-refractivity contribution in [3.05, 3.63) is 24.3 Å². The third-order valence-electron chi connectivity index (χ3n) is 2.76. The molecule has 0 saturated carbocycles. The minimum absolute atomic E-state index is 0.644. The third-order valence-corrected chi connectivity index (χ3v) is 2.76. The average molecular weight is 261 g/mol. The summed E-state index contributed by atoms with van der Waals surface area (Å²) in [5.41, 5.74) is 6.45. The van der Waals surface area contributed by atoms with Crippen LogP contribution in [-0.4, -0.2) is 33.4 Å². The van der Waals surface area contributed by atoms with Crippen molar-refractivity contribution in [3.63, 3.8) is 0 Å². The van der Waals surface area contributed by atoms with E-state index in [1.165, 1.54) is 0 Å². The van der Waals surface area contributed by atoms with Crippen LogP contribution in [0, 0.1) is 0 Å². The molecule has 102 valence electrons. The summed E-state index contributed by atoms with van der Waals surface area (Å²) >= 11 is 0. The van der Waals surface area contributed by atoms with Gasteiger partial charge in [0.2, 0.25) is 0 Å². The van der Waals surface area contributed by atoms with E-state index in [1.54, 1.807) is 4.68 Å². The maximum Gasteiger partial charge on any atom is 0.182 e. The van der Waals surface area contributed by atoms with Gasteiger partial charge in [-0.05, 0) is 48.9 Å². The van der Waals surface area contributed by atoms with E-state index in [1.807, 2.05) is 31.2 Å². The Morgan fingerprint density at radius 1 is 1.32 bits per heavy atom. The number of tetrazole rings is 1. The lowest BCUT2D eigenvalue weighted by Crippen LogP contribution is -2.06. The van der Waals surface area contributed by atoms with Gasteiger partial charge in [-0.2, -0.15) is 0 Å². The Bertz CT molecular complexity index is 511. The fourth-order valence-corrected chi connectivity index (χ4v) is 1.86. The van der Waals surface area contributed by atoms with E-state index in [4.69, 9.17) is 10.5 Å². The van der Waals surface area contributed by atoms with Gasteiger partial charge in [-0.25, -0.2) is 4.68 Å². The summed E-state index contributed by atoms with van der Waals surface area (Å²) in [5, 5.41) is 11.8. The molecule has 2 rings (SSSR count). The van der Waals surface area contributed by atoms with Crippen molar-refractivity contribution in [2.24, 2.45) is 5.73 Å². The monoisotopic (exact) mass is 261 g/mol. The van der Waals surface area contributed by atoms with Crippen molar-refractivity contribution in [2.75, 3.05) is 13.2 Å². The summed E-state index contributed by atoms with van der Waals surface area (Å²) in [4.78, 5) is 0. The van der Waals surface area contributed by atoms with Crippen LogP contribution < -0.4 is 10.5 Å². The highest BCUT2D eigenvalue weighted by atomic mass is 16.5. The molecule has 0 aliphatic heterocycles. The molecule has 0 aliphatic rings. The van der Waals surface area contributed by atoms with Crippen LogP contribution in [-0.2, 0) is 6.54 Å². The maximum atomic E-state index is 5.49. The molecule has 0 atom stereocenters. The number of nitrogens with zero attached hydrogens (tertiary/aromatic N) is 4. The van der Waals surface area contributed by atoms with Crippen LogP contribution in [0.2, 0.25) is 0 Å². The SMILES string of the molecule is CCOc1cccc(-c2nnnn2CCCCN)c1. The molecular weight excluding hydrogens is 242 g/mol. The number of aryl methyl sites for hydroxylation is 1. The van der Waals surface area contributed by atoms with Gasteiger partial charge < -0.3 is 10.5 Å². The topological polar surface area (TPSA) is 78.9 Å². The quantitative estimate of drug-likeness (QED) is 0.764. The molecule has 0 unspecified atom stereocenters. The van der Waals surface area contributed by atoms with Gasteiger partial charge in [0.15, 0.2) is 5.82 Å². The molecule has 0 saturated heterocycles. The molecule has 0 bridgehead atoms. The Labute approximate surface area is 112 Å². The minimum atomic E-state index is 0.644. The number of benzene rings is 1. The first-order chi connectivity index (χ1) is 9.35. The van der Waals surface area contributed by atoms with Crippen LogP contribution in [0.5, 0.6) is 5.75 Å². The first-order valence-corrected chi connectivity index (χ1v) is 6.54. The van der Waals surface area contributed by atoms with Crippen molar-refractivity contribution in [1.82, 2.24) is 20.2 Å².